The largest absolute Gasteiger partial charge is 0.496 e. The topological polar surface area (TPSA) is 69.9 Å². The summed E-state index contributed by atoms with van der Waals surface area (Å²) in [4.78, 5) is 30.3. The molecule has 0 bridgehead atoms. The minimum Gasteiger partial charge on any atom is -0.496 e. The summed E-state index contributed by atoms with van der Waals surface area (Å²) in [5, 5.41) is 2.44. The number of nitrogens with zero attached hydrogens (tertiary/aromatic N) is 2. The molecule has 0 aliphatic carbocycles. The molecule has 3 aromatic carbocycles. The van der Waals surface area contributed by atoms with Gasteiger partial charge >= 0.3 is 5.97 Å². The zero-order valence-corrected chi connectivity index (χ0v) is 19.4. The van der Waals surface area contributed by atoms with E-state index in [0.717, 1.165) is 26.6 Å². The van der Waals surface area contributed by atoms with E-state index < -0.39 is 11.9 Å². The number of carbonyl (C=O) groups excluding carboxylic acids is 2. The molecule has 1 amide bonds. The number of carbonyl (C=O) groups is 2. The van der Waals surface area contributed by atoms with Crippen molar-refractivity contribution in [3.63, 3.8) is 0 Å². The van der Waals surface area contributed by atoms with Gasteiger partial charge < -0.3 is 14.0 Å². The Labute approximate surface area is 193 Å². The Kier molecular flexibility index (Phi) is 6.30. The number of thiazole rings is 1. The van der Waals surface area contributed by atoms with Crippen LogP contribution in [0.3, 0.4) is 0 Å². The van der Waals surface area contributed by atoms with Crippen LogP contribution in [0.2, 0.25) is 5.02 Å². The van der Waals surface area contributed by atoms with Crippen LogP contribution in [0.15, 0.2) is 53.5 Å². The van der Waals surface area contributed by atoms with E-state index in [1.54, 1.807) is 23.6 Å². The molecular formula is C24H21ClN2O4S. The van der Waals surface area contributed by atoms with Gasteiger partial charge in [-0.05, 0) is 54.4 Å². The molecular weight excluding hydrogens is 448 g/mol. The van der Waals surface area contributed by atoms with Crippen LogP contribution in [0.25, 0.3) is 21.0 Å². The minimum absolute atomic E-state index is 0.0734. The van der Waals surface area contributed by atoms with E-state index >= 15 is 0 Å². The average Bonchev–Trinajstić information content (AvgIpc) is 3.12. The quantitative estimate of drug-likeness (QED) is 0.381. The van der Waals surface area contributed by atoms with Gasteiger partial charge in [0.1, 0.15) is 12.3 Å². The normalized spacial score (nSPS) is 11.8. The Morgan fingerprint density at radius 2 is 1.84 bits per heavy atom. The van der Waals surface area contributed by atoms with Gasteiger partial charge in [-0.3, -0.25) is 9.59 Å². The third kappa shape index (κ3) is 4.13. The molecule has 6 nitrogen and oxygen atoms in total. The molecule has 0 radical (unpaired) electrons. The van der Waals surface area contributed by atoms with Crippen LogP contribution >= 0.6 is 22.9 Å². The fraction of sp³-hybridized carbons (Fsp3) is 0.208. The predicted octanol–water partition coefficient (Wildman–Crippen LogP) is 5.13. The highest BCUT2D eigenvalue weighted by molar-refractivity contribution is 7.16. The number of methoxy groups -OCH3 is 1. The maximum Gasteiger partial charge on any atom is 0.326 e. The molecule has 1 aromatic heterocycles. The SMILES string of the molecule is CCOC(=O)Cn1c(=NC(=O)c2cc3ccccc3cc2OC)sc2ccc(Cl)c(C)c21. The summed E-state index contributed by atoms with van der Waals surface area (Å²) in [7, 11) is 1.52. The molecule has 8 heteroatoms. The molecule has 0 spiro atoms. The van der Waals surface area contributed by atoms with Gasteiger partial charge in [0.2, 0.25) is 0 Å². The highest BCUT2D eigenvalue weighted by atomic mass is 35.5. The first-order valence-corrected chi connectivity index (χ1v) is 11.2. The number of hydrogen-bond donors (Lipinski definition) is 0. The predicted molar refractivity (Wildman–Crippen MR) is 127 cm³/mol. The summed E-state index contributed by atoms with van der Waals surface area (Å²) in [5.41, 5.74) is 1.91. The second-order valence-corrected chi connectivity index (χ2v) is 8.53. The highest BCUT2D eigenvalue weighted by Crippen LogP contribution is 2.29. The van der Waals surface area contributed by atoms with E-state index in [4.69, 9.17) is 21.1 Å². The maximum absolute atomic E-state index is 13.2. The molecule has 4 rings (SSSR count). The Morgan fingerprint density at radius 3 is 2.53 bits per heavy atom. The summed E-state index contributed by atoms with van der Waals surface area (Å²) >= 11 is 7.64. The average molecular weight is 469 g/mol. The van der Waals surface area contributed by atoms with E-state index in [2.05, 4.69) is 4.99 Å². The van der Waals surface area contributed by atoms with Gasteiger partial charge in [0, 0.05) is 5.02 Å². The van der Waals surface area contributed by atoms with Crippen LogP contribution in [-0.4, -0.2) is 30.2 Å². The number of benzene rings is 3. The number of amides is 1. The number of aromatic nitrogens is 1. The van der Waals surface area contributed by atoms with Gasteiger partial charge in [-0.25, -0.2) is 0 Å². The van der Waals surface area contributed by atoms with Crippen LogP contribution in [0.4, 0.5) is 0 Å². The van der Waals surface area contributed by atoms with Crippen molar-refractivity contribution in [2.75, 3.05) is 13.7 Å². The van der Waals surface area contributed by atoms with Crippen LogP contribution < -0.4 is 9.54 Å². The first-order chi connectivity index (χ1) is 15.4. The van der Waals surface area contributed by atoms with Gasteiger partial charge in [0.15, 0.2) is 4.80 Å². The van der Waals surface area contributed by atoms with Crippen LogP contribution in [-0.2, 0) is 16.1 Å². The molecule has 0 aliphatic rings. The molecule has 0 atom stereocenters. The third-order valence-corrected chi connectivity index (χ3v) is 6.57. The number of esters is 1. The second kappa shape index (κ2) is 9.14. The Hall–Kier alpha value is -3.16. The first kappa shape index (κ1) is 22.0. The monoisotopic (exact) mass is 468 g/mol. The van der Waals surface area contributed by atoms with E-state index in [1.165, 1.54) is 18.4 Å². The number of fused-ring (bicyclic) bond motifs is 2. The standard InChI is InChI=1S/C24H21ClN2O4S/c1-4-31-21(28)13-27-22-14(2)18(25)9-10-20(22)32-24(27)26-23(29)17-11-15-7-5-6-8-16(15)12-19(17)30-3/h5-12H,4,13H2,1-3H3. The van der Waals surface area contributed by atoms with Crippen LogP contribution in [0.1, 0.15) is 22.8 Å². The summed E-state index contributed by atoms with van der Waals surface area (Å²) in [5.74, 6) is -0.431. The minimum atomic E-state index is -0.458. The Balaban J connectivity index is 1.90. The lowest BCUT2D eigenvalue weighted by Gasteiger charge is -2.09. The lowest BCUT2D eigenvalue weighted by Crippen LogP contribution is -2.23. The zero-order chi connectivity index (χ0) is 22.8. The molecule has 0 aliphatic heterocycles. The number of halogens is 1. The second-order valence-electron chi connectivity index (χ2n) is 7.11. The summed E-state index contributed by atoms with van der Waals surface area (Å²) in [6.45, 7) is 3.81. The first-order valence-electron chi connectivity index (χ1n) is 10.0. The van der Waals surface area contributed by atoms with Crippen molar-refractivity contribution in [2.24, 2.45) is 4.99 Å². The van der Waals surface area contributed by atoms with E-state index in [0.29, 0.717) is 21.1 Å². The number of aryl methyl sites for hydroxylation is 1. The van der Waals surface area contributed by atoms with E-state index in [9.17, 15) is 9.59 Å². The fourth-order valence-corrected chi connectivity index (χ4v) is 4.83. The van der Waals surface area contributed by atoms with Crippen molar-refractivity contribution in [1.29, 1.82) is 0 Å². The molecule has 0 N–H and O–H groups in total. The van der Waals surface area contributed by atoms with Gasteiger partial charge in [0.05, 0.1) is 29.5 Å². The smallest absolute Gasteiger partial charge is 0.326 e. The number of rotatable bonds is 5. The molecule has 0 fully saturated rings. The van der Waals surface area contributed by atoms with Gasteiger partial charge in [0.25, 0.3) is 5.91 Å². The number of hydrogen-bond acceptors (Lipinski definition) is 5. The Bertz CT molecular complexity index is 1420. The van der Waals surface area contributed by atoms with Gasteiger partial charge in [-0.2, -0.15) is 4.99 Å². The summed E-state index contributed by atoms with van der Waals surface area (Å²) < 4.78 is 13.1. The zero-order valence-electron chi connectivity index (χ0n) is 17.8. The van der Waals surface area contributed by atoms with Gasteiger partial charge in [-0.1, -0.05) is 47.2 Å². The van der Waals surface area contributed by atoms with Gasteiger partial charge in [-0.15, -0.1) is 0 Å². The van der Waals surface area contributed by atoms with Crippen molar-refractivity contribution in [1.82, 2.24) is 4.57 Å². The summed E-state index contributed by atoms with van der Waals surface area (Å²) in [6, 6.07) is 15.0. The lowest BCUT2D eigenvalue weighted by atomic mass is 10.1. The van der Waals surface area contributed by atoms with Crippen molar-refractivity contribution >= 4 is 55.8 Å². The maximum atomic E-state index is 13.2. The molecule has 0 saturated heterocycles. The number of ether oxygens (including phenoxy) is 2. The Morgan fingerprint density at radius 1 is 1.12 bits per heavy atom. The molecule has 0 saturated carbocycles. The van der Waals surface area contributed by atoms with Crippen molar-refractivity contribution in [2.45, 2.75) is 20.4 Å². The lowest BCUT2D eigenvalue weighted by molar-refractivity contribution is -0.143. The molecule has 164 valence electrons. The summed E-state index contributed by atoms with van der Waals surface area (Å²) in [6.07, 6.45) is 0. The van der Waals surface area contributed by atoms with Crippen LogP contribution in [0, 0.1) is 6.92 Å². The fourth-order valence-electron chi connectivity index (χ4n) is 3.59. The molecule has 1 heterocycles. The molecule has 4 aromatic rings. The van der Waals surface area contributed by atoms with Crippen LogP contribution in [0.5, 0.6) is 5.75 Å². The highest BCUT2D eigenvalue weighted by Gasteiger charge is 2.18. The molecule has 0 unspecified atom stereocenters. The van der Waals surface area contributed by atoms with E-state index in [-0.39, 0.29) is 13.2 Å². The van der Waals surface area contributed by atoms with E-state index in [1.807, 2.05) is 43.3 Å². The van der Waals surface area contributed by atoms with Crippen molar-refractivity contribution in [3.8, 4) is 5.75 Å². The molecule has 32 heavy (non-hydrogen) atoms. The van der Waals surface area contributed by atoms with Crippen molar-refractivity contribution < 1.29 is 19.1 Å². The van der Waals surface area contributed by atoms with Crippen molar-refractivity contribution in [3.05, 3.63) is 69.5 Å². The third-order valence-electron chi connectivity index (χ3n) is 5.12.